The minimum absolute atomic E-state index is 0.150. The third-order valence-corrected chi connectivity index (χ3v) is 3.97. The van der Waals surface area contributed by atoms with Crippen LogP contribution < -0.4 is 5.32 Å². The summed E-state index contributed by atoms with van der Waals surface area (Å²) < 4.78 is 0. The molecule has 1 fully saturated rings. The van der Waals surface area contributed by atoms with Gasteiger partial charge in [-0.05, 0) is 32.9 Å². The highest BCUT2D eigenvalue weighted by Crippen LogP contribution is 2.29. The standard InChI is InChI=1S/C14H27N3O3/c1-4-8-16(5-2)10-7-15-13(20)17-9-6-14(3,11-17)12(18)19/h4-11H2,1-3H3,(H,15,20)(H,18,19). The maximum Gasteiger partial charge on any atom is 0.317 e. The largest absolute Gasteiger partial charge is 0.481 e. The van der Waals surface area contributed by atoms with E-state index in [4.69, 9.17) is 5.11 Å². The molecule has 1 aliphatic heterocycles. The number of carboxylic acids is 1. The van der Waals surface area contributed by atoms with Gasteiger partial charge in [0.25, 0.3) is 0 Å². The monoisotopic (exact) mass is 285 g/mol. The molecule has 6 heteroatoms. The normalized spacial score (nSPS) is 22.3. The minimum Gasteiger partial charge on any atom is -0.481 e. The number of amides is 2. The number of aliphatic carboxylic acids is 1. The predicted octanol–water partition coefficient (Wildman–Crippen LogP) is 1.22. The van der Waals surface area contributed by atoms with Crippen LogP contribution in [-0.4, -0.2) is 66.2 Å². The Morgan fingerprint density at radius 2 is 2.05 bits per heavy atom. The lowest BCUT2D eigenvalue weighted by Gasteiger charge is -2.22. The number of hydrogen-bond acceptors (Lipinski definition) is 3. The van der Waals surface area contributed by atoms with Crippen molar-refractivity contribution >= 4 is 12.0 Å². The van der Waals surface area contributed by atoms with Crippen LogP contribution in [0.15, 0.2) is 0 Å². The number of nitrogens with one attached hydrogen (secondary N) is 1. The van der Waals surface area contributed by atoms with E-state index in [1.807, 2.05) is 0 Å². The Morgan fingerprint density at radius 1 is 1.35 bits per heavy atom. The van der Waals surface area contributed by atoms with Crippen LogP contribution in [0, 0.1) is 5.41 Å². The molecular weight excluding hydrogens is 258 g/mol. The van der Waals surface area contributed by atoms with Gasteiger partial charge in [0.05, 0.1) is 5.41 Å². The average Bonchev–Trinajstić information content (AvgIpc) is 2.82. The number of likely N-dealkylation sites (tertiary alicyclic amines) is 1. The van der Waals surface area contributed by atoms with Gasteiger partial charge in [-0.15, -0.1) is 0 Å². The lowest BCUT2D eigenvalue weighted by Crippen LogP contribution is -2.43. The van der Waals surface area contributed by atoms with Gasteiger partial charge in [-0.3, -0.25) is 4.79 Å². The molecule has 0 aromatic rings. The molecule has 6 nitrogen and oxygen atoms in total. The zero-order chi connectivity index (χ0) is 15.2. The van der Waals surface area contributed by atoms with E-state index in [2.05, 4.69) is 24.1 Å². The second-order valence-electron chi connectivity index (χ2n) is 5.70. The Morgan fingerprint density at radius 3 is 2.55 bits per heavy atom. The Bertz CT molecular complexity index is 349. The fourth-order valence-electron chi connectivity index (χ4n) is 2.49. The first-order chi connectivity index (χ1) is 9.42. The SMILES string of the molecule is CCCN(CC)CCNC(=O)N1CCC(C)(C(=O)O)C1. The van der Waals surface area contributed by atoms with Crippen LogP contribution in [0.25, 0.3) is 0 Å². The van der Waals surface area contributed by atoms with E-state index >= 15 is 0 Å². The minimum atomic E-state index is -0.826. The summed E-state index contributed by atoms with van der Waals surface area (Å²) in [5.74, 6) is -0.826. The molecule has 2 N–H and O–H groups in total. The molecule has 20 heavy (non-hydrogen) atoms. The third-order valence-electron chi connectivity index (χ3n) is 3.97. The predicted molar refractivity (Wildman–Crippen MR) is 77.7 cm³/mol. The Hall–Kier alpha value is -1.30. The van der Waals surface area contributed by atoms with Crippen LogP contribution in [0.4, 0.5) is 4.79 Å². The van der Waals surface area contributed by atoms with Gasteiger partial charge in [0.2, 0.25) is 0 Å². The summed E-state index contributed by atoms with van der Waals surface area (Å²) in [4.78, 5) is 27.0. The number of carbonyl (C=O) groups excluding carboxylic acids is 1. The number of hydrogen-bond donors (Lipinski definition) is 2. The maximum absolute atomic E-state index is 12.0. The quantitative estimate of drug-likeness (QED) is 0.738. The molecule has 0 saturated carbocycles. The van der Waals surface area contributed by atoms with Crippen molar-refractivity contribution in [3.8, 4) is 0 Å². The van der Waals surface area contributed by atoms with E-state index in [-0.39, 0.29) is 6.03 Å². The molecule has 0 aromatic carbocycles. The average molecular weight is 285 g/mol. The van der Waals surface area contributed by atoms with Crippen molar-refractivity contribution in [2.75, 3.05) is 39.3 Å². The lowest BCUT2D eigenvalue weighted by molar-refractivity contribution is -0.146. The highest BCUT2D eigenvalue weighted by atomic mass is 16.4. The number of nitrogens with zero attached hydrogens (tertiary/aromatic N) is 2. The third kappa shape index (κ3) is 4.37. The van der Waals surface area contributed by atoms with Gasteiger partial charge < -0.3 is 20.2 Å². The van der Waals surface area contributed by atoms with Gasteiger partial charge in [-0.2, -0.15) is 0 Å². The first-order valence-corrected chi connectivity index (χ1v) is 7.41. The molecule has 116 valence electrons. The fourth-order valence-corrected chi connectivity index (χ4v) is 2.49. The molecule has 1 saturated heterocycles. The summed E-state index contributed by atoms with van der Waals surface area (Å²) >= 11 is 0. The molecule has 1 unspecified atom stereocenters. The molecule has 2 amide bonds. The summed E-state index contributed by atoms with van der Waals surface area (Å²) in [7, 11) is 0. The van der Waals surface area contributed by atoms with Crippen molar-refractivity contribution in [2.24, 2.45) is 5.41 Å². The van der Waals surface area contributed by atoms with Crippen LogP contribution in [0.2, 0.25) is 0 Å². The zero-order valence-electron chi connectivity index (χ0n) is 12.8. The first-order valence-electron chi connectivity index (χ1n) is 7.41. The molecule has 1 atom stereocenters. The van der Waals surface area contributed by atoms with Gasteiger partial charge in [-0.25, -0.2) is 4.79 Å². The van der Waals surface area contributed by atoms with Crippen LogP contribution in [0.5, 0.6) is 0 Å². The van der Waals surface area contributed by atoms with E-state index in [9.17, 15) is 9.59 Å². The van der Waals surface area contributed by atoms with Crippen LogP contribution in [0.1, 0.15) is 33.6 Å². The molecule has 1 aliphatic rings. The second-order valence-corrected chi connectivity index (χ2v) is 5.70. The van der Waals surface area contributed by atoms with Gasteiger partial charge >= 0.3 is 12.0 Å². The lowest BCUT2D eigenvalue weighted by atomic mass is 9.90. The summed E-state index contributed by atoms with van der Waals surface area (Å²) in [6.45, 7) is 10.2. The second kappa shape index (κ2) is 7.47. The van der Waals surface area contributed by atoms with Gasteiger partial charge in [0.1, 0.15) is 0 Å². The fraction of sp³-hybridized carbons (Fsp3) is 0.857. The highest BCUT2D eigenvalue weighted by Gasteiger charge is 2.42. The van der Waals surface area contributed by atoms with Crippen molar-refractivity contribution in [1.82, 2.24) is 15.1 Å². The zero-order valence-corrected chi connectivity index (χ0v) is 12.8. The van der Waals surface area contributed by atoms with E-state index in [0.29, 0.717) is 26.1 Å². The molecule has 0 bridgehead atoms. The number of carbonyl (C=O) groups is 2. The van der Waals surface area contributed by atoms with Crippen molar-refractivity contribution in [3.05, 3.63) is 0 Å². The van der Waals surface area contributed by atoms with E-state index in [1.54, 1.807) is 11.8 Å². The summed E-state index contributed by atoms with van der Waals surface area (Å²) in [5.41, 5.74) is -0.797. The summed E-state index contributed by atoms with van der Waals surface area (Å²) in [5, 5.41) is 12.0. The Kier molecular flexibility index (Phi) is 6.26. The van der Waals surface area contributed by atoms with E-state index < -0.39 is 11.4 Å². The van der Waals surface area contributed by atoms with Gasteiger partial charge in [-0.1, -0.05) is 13.8 Å². The van der Waals surface area contributed by atoms with Gasteiger partial charge in [0.15, 0.2) is 0 Å². The number of carboxylic acid groups (broad SMARTS) is 1. The molecule has 0 spiro atoms. The van der Waals surface area contributed by atoms with Crippen LogP contribution in [-0.2, 0) is 4.79 Å². The Balaban J connectivity index is 2.32. The molecule has 1 heterocycles. The van der Waals surface area contributed by atoms with Gasteiger partial charge in [0, 0.05) is 26.2 Å². The van der Waals surface area contributed by atoms with E-state index in [1.165, 1.54) is 0 Å². The summed E-state index contributed by atoms with van der Waals surface area (Å²) in [6.07, 6.45) is 1.62. The van der Waals surface area contributed by atoms with Crippen molar-refractivity contribution in [3.63, 3.8) is 0 Å². The smallest absolute Gasteiger partial charge is 0.317 e. The Labute approximate surface area is 121 Å². The summed E-state index contributed by atoms with van der Waals surface area (Å²) in [6, 6.07) is -0.150. The molecular formula is C14H27N3O3. The highest BCUT2D eigenvalue weighted by molar-refractivity contribution is 5.79. The van der Waals surface area contributed by atoms with Crippen LogP contribution in [0.3, 0.4) is 0 Å². The van der Waals surface area contributed by atoms with Crippen molar-refractivity contribution in [1.29, 1.82) is 0 Å². The topological polar surface area (TPSA) is 72.9 Å². The first kappa shape index (κ1) is 16.8. The molecule has 0 radical (unpaired) electrons. The molecule has 0 aliphatic carbocycles. The van der Waals surface area contributed by atoms with E-state index in [0.717, 1.165) is 26.1 Å². The number of rotatable bonds is 7. The number of urea groups is 1. The maximum atomic E-state index is 12.0. The van der Waals surface area contributed by atoms with Crippen LogP contribution >= 0.6 is 0 Å². The molecule has 0 aromatic heterocycles. The van der Waals surface area contributed by atoms with Crippen molar-refractivity contribution < 1.29 is 14.7 Å². The number of likely N-dealkylation sites (N-methyl/N-ethyl adjacent to an activating group) is 1. The van der Waals surface area contributed by atoms with Crippen molar-refractivity contribution in [2.45, 2.75) is 33.6 Å². The molecule has 1 rings (SSSR count).